The van der Waals surface area contributed by atoms with Gasteiger partial charge in [0.1, 0.15) is 19.0 Å². The van der Waals surface area contributed by atoms with Crippen LogP contribution in [-0.4, -0.2) is 32.4 Å². The Hall–Kier alpha value is -1.55. The summed E-state index contributed by atoms with van der Waals surface area (Å²) in [6.07, 6.45) is 22.4. The lowest BCUT2D eigenvalue weighted by atomic mass is 10.0. The van der Waals surface area contributed by atoms with Crippen molar-refractivity contribution in [3.63, 3.8) is 0 Å². The molecule has 0 spiro atoms. The second-order valence-corrected chi connectivity index (χ2v) is 9.78. The van der Waals surface area contributed by atoms with E-state index in [2.05, 4.69) is 26.0 Å². The first kappa shape index (κ1) is 31.5. The first-order valence-electron chi connectivity index (χ1n) is 14.7. The maximum Gasteiger partial charge on any atom is 0.305 e. The molecule has 0 saturated heterocycles. The molecule has 0 fully saturated rings. The van der Waals surface area contributed by atoms with Crippen LogP contribution in [0.15, 0.2) is 24.3 Å². The summed E-state index contributed by atoms with van der Waals surface area (Å²) in [5, 5.41) is 0. The van der Waals surface area contributed by atoms with Crippen molar-refractivity contribution in [1.29, 1.82) is 0 Å². The fourth-order valence-corrected chi connectivity index (χ4v) is 4.23. The molecule has 0 amide bonds. The largest absolute Gasteiger partial charge is 0.491 e. The van der Waals surface area contributed by atoms with E-state index in [-0.39, 0.29) is 5.97 Å². The van der Waals surface area contributed by atoms with Gasteiger partial charge in [-0.05, 0) is 37.0 Å². The Labute approximate surface area is 216 Å². The normalized spacial score (nSPS) is 11.0. The van der Waals surface area contributed by atoms with Gasteiger partial charge in [-0.1, -0.05) is 116 Å². The lowest BCUT2D eigenvalue weighted by molar-refractivity contribution is -0.145. The van der Waals surface area contributed by atoms with Gasteiger partial charge in [-0.2, -0.15) is 0 Å². The second kappa shape index (κ2) is 24.2. The number of rotatable bonds is 25. The first-order chi connectivity index (χ1) is 17.3. The average molecular weight is 491 g/mol. The van der Waals surface area contributed by atoms with Crippen molar-refractivity contribution in [2.45, 2.75) is 129 Å². The predicted octanol–water partition coefficient (Wildman–Crippen LogP) is 8.84. The molecule has 0 bridgehead atoms. The van der Waals surface area contributed by atoms with Crippen LogP contribution in [0, 0.1) is 0 Å². The van der Waals surface area contributed by atoms with Crippen LogP contribution in [-0.2, 0) is 20.7 Å². The SMILES string of the molecule is CCCCCCCCCCCC(=O)OCCOCCOc1ccc(CCCCCCCCC)cc1. The highest BCUT2D eigenvalue weighted by molar-refractivity contribution is 5.69. The van der Waals surface area contributed by atoms with Crippen molar-refractivity contribution in [1.82, 2.24) is 0 Å². The minimum atomic E-state index is -0.107. The zero-order valence-electron chi connectivity index (χ0n) is 23.0. The van der Waals surface area contributed by atoms with Gasteiger partial charge in [0.15, 0.2) is 0 Å². The Morgan fingerprint density at radius 1 is 0.600 bits per heavy atom. The third-order valence-corrected chi connectivity index (χ3v) is 6.46. The molecule has 0 aliphatic heterocycles. The first-order valence-corrected chi connectivity index (χ1v) is 14.7. The van der Waals surface area contributed by atoms with Crippen LogP contribution >= 0.6 is 0 Å². The van der Waals surface area contributed by atoms with Gasteiger partial charge < -0.3 is 14.2 Å². The van der Waals surface area contributed by atoms with E-state index in [1.54, 1.807) is 0 Å². The van der Waals surface area contributed by atoms with Gasteiger partial charge in [0, 0.05) is 6.42 Å². The average Bonchev–Trinajstić information content (AvgIpc) is 2.87. The number of esters is 1. The van der Waals surface area contributed by atoms with E-state index in [4.69, 9.17) is 14.2 Å². The van der Waals surface area contributed by atoms with Gasteiger partial charge in [0.05, 0.1) is 13.2 Å². The Kier molecular flexibility index (Phi) is 21.7. The molecule has 202 valence electrons. The lowest BCUT2D eigenvalue weighted by Crippen LogP contribution is -2.13. The fraction of sp³-hybridized carbons (Fsp3) is 0.774. The molecule has 0 aromatic heterocycles. The predicted molar refractivity (Wildman–Crippen MR) is 147 cm³/mol. The molecule has 0 N–H and O–H groups in total. The van der Waals surface area contributed by atoms with E-state index in [0.29, 0.717) is 32.8 Å². The molecule has 4 nitrogen and oxygen atoms in total. The van der Waals surface area contributed by atoms with Crippen molar-refractivity contribution in [2.24, 2.45) is 0 Å². The molecule has 0 aliphatic carbocycles. The van der Waals surface area contributed by atoms with E-state index in [9.17, 15) is 4.79 Å². The van der Waals surface area contributed by atoms with Crippen molar-refractivity contribution in [2.75, 3.05) is 26.4 Å². The molecular formula is C31H54O4. The Bertz CT molecular complexity index is 584. The quantitative estimate of drug-likeness (QED) is 0.101. The third kappa shape index (κ3) is 20.4. The van der Waals surface area contributed by atoms with Gasteiger partial charge in [0.2, 0.25) is 0 Å². The van der Waals surface area contributed by atoms with Gasteiger partial charge in [-0.15, -0.1) is 0 Å². The standard InChI is InChI=1S/C31H54O4/c1-3-5-7-9-11-12-14-16-18-20-31(32)35-28-26-33-25-27-34-30-23-21-29(22-24-30)19-17-15-13-10-8-6-4-2/h21-24H,3-20,25-28H2,1-2H3. The number of hydrogen-bond acceptors (Lipinski definition) is 4. The molecule has 0 radical (unpaired) electrons. The summed E-state index contributed by atoms with van der Waals surface area (Å²) in [4.78, 5) is 11.8. The van der Waals surface area contributed by atoms with E-state index in [1.807, 2.05) is 12.1 Å². The maximum absolute atomic E-state index is 11.8. The summed E-state index contributed by atoms with van der Waals surface area (Å²) >= 11 is 0. The van der Waals surface area contributed by atoms with Crippen LogP contribution < -0.4 is 4.74 Å². The fourth-order valence-electron chi connectivity index (χ4n) is 4.23. The number of carbonyl (C=O) groups excluding carboxylic acids is 1. The number of ether oxygens (including phenoxy) is 3. The van der Waals surface area contributed by atoms with Crippen molar-refractivity contribution in [3.8, 4) is 5.75 Å². The van der Waals surface area contributed by atoms with Crippen LogP contribution in [0.25, 0.3) is 0 Å². The lowest BCUT2D eigenvalue weighted by Gasteiger charge is -2.09. The van der Waals surface area contributed by atoms with Crippen LogP contribution in [0.3, 0.4) is 0 Å². The second-order valence-electron chi connectivity index (χ2n) is 9.78. The Morgan fingerprint density at radius 3 is 1.71 bits per heavy atom. The summed E-state index contributed by atoms with van der Waals surface area (Å²) in [5.74, 6) is 0.772. The van der Waals surface area contributed by atoms with Crippen LogP contribution in [0.5, 0.6) is 5.75 Å². The van der Waals surface area contributed by atoms with Crippen molar-refractivity contribution >= 4 is 5.97 Å². The number of benzene rings is 1. The van der Waals surface area contributed by atoms with E-state index in [0.717, 1.165) is 25.0 Å². The number of hydrogen-bond donors (Lipinski definition) is 0. The minimum absolute atomic E-state index is 0.107. The van der Waals surface area contributed by atoms with Gasteiger partial charge in [-0.3, -0.25) is 4.79 Å². The topological polar surface area (TPSA) is 44.8 Å². The van der Waals surface area contributed by atoms with Crippen LogP contribution in [0.4, 0.5) is 0 Å². The number of carbonyl (C=O) groups is 1. The van der Waals surface area contributed by atoms with Crippen molar-refractivity contribution < 1.29 is 19.0 Å². The maximum atomic E-state index is 11.8. The number of unbranched alkanes of at least 4 members (excludes halogenated alkanes) is 14. The molecule has 1 aromatic carbocycles. The van der Waals surface area contributed by atoms with E-state index in [1.165, 1.54) is 95.5 Å². The van der Waals surface area contributed by atoms with Gasteiger partial charge >= 0.3 is 5.97 Å². The van der Waals surface area contributed by atoms with Gasteiger partial charge in [-0.25, -0.2) is 0 Å². The summed E-state index contributed by atoms with van der Waals surface area (Å²) in [5.41, 5.74) is 1.38. The van der Waals surface area contributed by atoms with Gasteiger partial charge in [0.25, 0.3) is 0 Å². The summed E-state index contributed by atoms with van der Waals surface area (Å²) in [6.45, 7) is 6.25. The summed E-state index contributed by atoms with van der Waals surface area (Å²) < 4.78 is 16.5. The highest BCUT2D eigenvalue weighted by Crippen LogP contribution is 2.15. The molecule has 4 heteroatoms. The Balaban J connectivity index is 1.89. The third-order valence-electron chi connectivity index (χ3n) is 6.46. The highest BCUT2D eigenvalue weighted by atomic mass is 16.6. The highest BCUT2D eigenvalue weighted by Gasteiger charge is 2.03. The van der Waals surface area contributed by atoms with E-state index >= 15 is 0 Å². The minimum Gasteiger partial charge on any atom is -0.491 e. The molecule has 0 atom stereocenters. The molecule has 1 aromatic rings. The van der Waals surface area contributed by atoms with Crippen molar-refractivity contribution in [3.05, 3.63) is 29.8 Å². The zero-order chi connectivity index (χ0) is 25.2. The van der Waals surface area contributed by atoms with E-state index < -0.39 is 0 Å². The molecule has 35 heavy (non-hydrogen) atoms. The van der Waals surface area contributed by atoms with Crippen LogP contribution in [0.1, 0.15) is 129 Å². The van der Waals surface area contributed by atoms with Crippen LogP contribution in [0.2, 0.25) is 0 Å². The molecule has 0 saturated carbocycles. The number of aryl methyl sites for hydroxylation is 1. The molecule has 1 rings (SSSR count). The molecule has 0 unspecified atom stereocenters. The summed E-state index contributed by atoms with van der Waals surface area (Å²) in [6, 6.07) is 8.43. The molecular weight excluding hydrogens is 436 g/mol. The molecule has 0 aliphatic rings. The Morgan fingerprint density at radius 2 is 1.11 bits per heavy atom. The zero-order valence-corrected chi connectivity index (χ0v) is 23.0. The smallest absolute Gasteiger partial charge is 0.305 e. The monoisotopic (exact) mass is 490 g/mol. The summed E-state index contributed by atoms with van der Waals surface area (Å²) in [7, 11) is 0. The molecule has 0 heterocycles.